The summed E-state index contributed by atoms with van der Waals surface area (Å²) < 4.78 is 1.50. The van der Waals surface area contributed by atoms with E-state index in [-0.39, 0.29) is 18.6 Å². The van der Waals surface area contributed by atoms with Crippen molar-refractivity contribution in [2.75, 3.05) is 11.9 Å². The molecular weight excluding hydrogens is 382 g/mol. The van der Waals surface area contributed by atoms with Gasteiger partial charge in [0.1, 0.15) is 17.2 Å². The molecule has 0 bridgehead atoms. The number of pyridine rings is 2. The van der Waals surface area contributed by atoms with Crippen molar-refractivity contribution in [1.29, 1.82) is 0 Å². The number of aliphatic hydroxyl groups is 1. The normalized spacial score (nSPS) is 19.2. The van der Waals surface area contributed by atoms with Gasteiger partial charge in [0, 0.05) is 6.20 Å². The van der Waals surface area contributed by atoms with E-state index in [0.29, 0.717) is 28.9 Å². The predicted octanol–water partition coefficient (Wildman–Crippen LogP) is 2.76. The number of rotatable bonds is 6. The van der Waals surface area contributed by atoms with Gasteiger partial charge in [0.15, 0.2) is 0 Å². The molecule has 3 aromatic heterocycles. The molecule has 0 saturated heterocycles. The summed E-state index contributed by atoms with van der Waals surface area (Å²) in [5.74, 6) is 1.73. The van der Waals surface area contributed by atoms with Gasteiger partial charge in [-0.2, -0.15) is 0 Å². The van der Waals surface area contributed by atoms with Gasteiger partial charge in [-0.05, 0) is 78.3 Å². The highest BCUT2D eigenvalue weighted by atomic mass is 16.3. The minimum Gasteiger partial charge on any atom is -0.394 e. The number of tetrazole rings is 1. The monoisotopic (exact) mass is 407 g/mol. The van der Waals surface area contributed by atoms with E-state index in [9.17, 15) is 9.90 Å². The van der Waals surface area contributed by atoms with E-state index in [1.54, 1.807) is 31.3 Å². The first-order valence-electron chi connectivity index (χ1n) is 10.1. The minimum atomic E-state index is -0.309. The van der Waals surface area contributed by atoms with Crippen LogP contribution in [0.4, 0.5) is 5.82 Å². The zero-order valence-corrected chi connectivity index (χ0v) is 17.3. The number of hydrogen-bond acceptors (Lipinski definition) is 7. The van der Waals surface area contributed by atoms with Gasteiger partial charge in [0.05, 0.1) is 12.6 Å². The van der Waals surface area contributed by atoms with Crippen molar-refractivity contribution in [1.82, 2.24) is 30.2 Å². The lowest BCUT2D eigenvalue weighted by molar-refractivity contribution is 0.102. The van der Waals surface area contributed by atoms with Gasteiger partial charge in [0.25, 0.3) is 5.91 Å². The fraction of sp³-hybridized carbons (Fsp3) is 0.429. The maximum Gasteiger partial charge on any atom is 0.275 e. The molecule has 0 aromatic carbocycles. The van der Waals surface area contributed by atoms with E-state index in [4.69, 9.17) is 0 Å². The molecule has 1 atom stereocenters. The third kappa shape index (κ3) is 3.93. The summed E-state index contributed by atoms with van der Waals surface area (Å²) in [5.41, 5.74) is 3.20. The van der Waals surface area contributed by atoms with Crippen molar-refractivity contribution < 1.29 is 9.90 Å². The van der Waals surface area contributed by atoms with Crippen molar-refractivity contribution in [2.24, 2.45) is 5.92 Å². The van der Waals surface area contributed by atoms with Crippen LogP contribution < -0.4 is 5.32 Å². The maximum atomic E-state index is 12.8. The molecule has 9 heteroatoms. The van der Waals surface area contributed by atoms with Gasteiger partial charge < -0.3 is 10.4 Å². The number of carbonyl (C=O) groups excluding carboxylic acids is 1. The molecule has 3 heterocycles. The number of carbonyl (C=O) groups is 1. The van der Waals surface area contributed by atoms with Crippen LogP contribution in [0.1, 0.15) is 60.3 Å². The van der Waals surface area contributed by atoms with Crippen LogP contribution in [0.25, 0.3) is 11.5 Å². The summed E-state index contributed by atoms with van der Waals surface area (Å²) in [5, 5.41) is 23.8. The Morgan fingerprint density at radius 2 is 2.17 bits per heavy atom. The third-order valence-corrected chi connectivity index (χ3v) is 5.59. The molecule has 1 amide bonds. The molecular formula is C21H25N7O2. The number of aromatic nitrogens is 6. The van der Waals surface area contributed by atoms with Gasteiger partial charge in [-0.25, -0.2) is 9.67 Å². The molecule has 3 aromatic rings. The highest BCUT2D eigenvalue weighted by Gasteiger charge is 2.28. The Hall–Kier alpha value is -3.20. The van der Waals surface area contributed by atoms with Gasteiger partial charge in [-0.3, -0.25) is 9.78 Å². The molecule has 2 N–H and O–H groups in total. The van der Waals surface area contributed by atoms with Crippen LogP contribution in [0.5, 0.6) is 0 Å². The number of amides is 1. The molecule has 156 valence electrons. The topological polar surface area (TPSA) is 119 Å². The Morgan fingerprint density at radius 1 is 1.37 bits per heavy atom. The number of anilines is 1. The van der Waals surface area contributed by atoms with Crippen LogP contribution in [-0.4, -0.2) is 47.8 Å². The first-order chi connectivity index (χ1) is 14.5. The Morgan fingerprint density at radius 3 is 2.90 bits per heavy atom. The van der Waals surface area contributed by atoms with E-state index >= 15 is 0 Å². The van der Waals surface area contributed by atoms with E-state index in [1.807, 2.05) is 13.0 Å². The summed E-state index contributed by atoms with van der Waals surface area (Å²) in [6, 6.07) is 6.83. The summed E-state index contributed by atoms with van der Waals surface area (Å²) in [6.07, 6.45) is 4.06. The molecule has 4 rings (SSSR count). The van der Waals surface area contributed by atoms with Crippen LogP contribution in [0.3, 0.4) is 0 Å². The number of aryl methyl sites for hydroxylation is 1. The van der Waals surface area contributed by atoms with Crippen LogP contribution in [-0.2, 0) is 0 Å². The van der Waals surface area contributed by atoms with Crippen LogP contribution in [0.2, 0.25) is 0 Å². The third-order valence-electron chi connectivity index (χ3n) is 5.59. The Labute approximate surface area is 174 Å². The second-order valence-electron chi connectivity index (χ2n) is 8.04. The van der Waals surface area contributed by atoms with Crippen LogP contribution in [0, 0.1) is 12.8 Å². The standard InChI is InChI=1S/C21H25N7O2/c1-12-7-15(8-12)16-9-18(22-10-13(16)2)21(30)24-19-6-4-5-17(23-19)20-25-26-27-28(20)14(3)11-29/h4-6,9-10,12,14-15,29H,7-8,11H2,1-3H3,(H,23,24,30)/t12?,14-,15?/m1/s1. The average molecular weight is 407 g/mol. The van der Waals surface area contributed by atoms with Gasteiger partial charge in [-0.1, -0.05) is 13.0 Å². The fourth-order valence-electron chi connectivity index (χ4n) is 3.81. The molecule has 1 saturated carbocycles. The maximum absolute atomic E-state index is 12.8. The minimum absolute atomic E-state index is 0.102. The van der Waals surface area contributed by atoms with E-state index < -0.39 is 0 Å². The number of nitrogens with zero attached hydrogens (tertiary/aromatic N) is 6. The number of aliphatic hydroxyl groups excluding tert-OH is 1. The lowest BCUT2D eigenvalue weighted by atomic mass is 9.71. The number of nitrogens with one attached hydrogen (secondary N) is 1. The highest BCUT2D eigenvalue weighted by molar-refractivity contribution is 6.02. The smallest absolute Gasteiger partial charge is 0.275 e. The lowest BCUT2D eigenvalue weighted by Gasteiger charge is -2.34. The Balaban J connectivity index is 1.54. The Kier molecular flexibility index (Phi) is 5.54. The molecule has 9 nitrogen and oxygen atoms in total. The van der Waals surface area contributed by atoms with Gasteiger partial charge in [-0.15, -0.1) is 5.10 Å². The van der Waals surface area contributed by atoms with E-state index in [0.717, 1.165) is 24.3 Å². The molecule has 0 radical (unpaired) electrons. The van der Waals surface area contributed by atoms with Crippen molar-refractivity contribution in [2.45, 2.75) is 45.6 Å². The summed E-state index contributed by atoms with van der Waals surface area (Å²) >= 11 is 0. The molecule has 0 aliphatic heterocycles. The highest BCUT2D eigenvalue weighted by Crippen LogP contribution is 2.42. The summed E-state index contributed by atoms with van der Waals surface area (Å²) in [7, 11) is 0. The van der Waals surface area contributed by atoms with Crippen molar-refractivity contribution >= 4 is 11.7 Å². The van der Waals surface area contributed by atoms with Crippen LogP contribution in [0.15, 0.2) is 30.5 Å². The zero-order valence-electron chi connectivity index (χ0n) is 17.3. The Bertz CT molecular complexity index is 1060. The average Bonchev–Trinajstić information content (AvgIpc) is 3.21. The zero-order chi connectivity index (χ0) is 21.3. The first kappa shape index (κ1) is 20.1. The second-order valence-corrected chi connectivity index (χ2v) is 8.04. The van der Waals surface area contributed by atoms with Gasteiger partial charge in [0.2, 0.25) is 5.82 Å². The van der Waals surface area contributed by atoms with Crippen molar-refractivity contribution in [3.05, 3.63) is 47.3 Å². The van der Waals surface area contributed by atoms with Gasteiger partial charge >= 0.3 is 0 Å². The van der Waals surface area contributed by atoms with Crippen molar-refractivity contribution in [3.63, 3.8) is 0 Å². The summed E-state index contributed by atoms with van der Waals surface area (Å²) in [4.78, 5) is 21.6. The van der Waals surface area contributed by atoms with Crippen molar-refractivity contribution in [3.8, 4) is 11.5 Å². The molecule has 1 fully saturated rings. The molecule has 0 spiro atoms. The molecule has 0 unspecified atom stereocenters. The van der Waals surface area contributed by atoms with Crippen LogP contribution >= 0.6 is 0 Å². The fourth-order valence-corrected chi connectivity index (χ4v) is 3.81. The molecule has 1 aliphatic rings. The van der Waals surface area contributed by atoms with E-state index in [2.05, 4.69) is 37.7 Å². The quantitative estimate of drug-likeness (QED) is 0.645. The molecule has 30 heavy (non-hydrogen) atoms. The molecule has 1 aliphatic carbocycles. The SMILES string of the molecule is Cc1cnc(C(=O)Nc2cccc(-c3nnnn3[C@H](C)CO)n2)cc1C1CC(C)C1. The van der Waals surface area contributed by atoms with E-state index in [1.165, 1.54) is 10.2 Å². The number of hydrogen-bond donors (Lipinski definition) is 2. The summed E-state index contributed by atoms with van der Waals surface area (Å²) in [6.45, 7) is 5.98. The predicted molar refractivity (Wildman–Crippen MR) is 111 cm³/mol. The first-order valence-corrected chi connectivity index (χ1v) is 10.1. The largest absolute Gasteiger partial charge is 0.394 e. The lowest BCUT2D eigenvalue weighted by Crippen LogP contribution is -2.21. The second kappa shape index (κ2) is 8.27.